The Morgan fingerprint density at radius 3 is 2.71 bits per heavy atom. The topological polar surface area (TPSA) is 75.2 Å². The fraction of sp³-hybridized carbons (Fsp3) is 0.619. The molecule has 0 aromatic heterocycles. The number of alkyl carbamates (subject to hydrolysis) is 1. The molecule has 1 aliphatic heterocycles. The van der Waals surface area contributed by atoms with Gasteiger partial charge in [-0.1, -0.05) is 18.2 Å². The average molecular weight is 391 g/mol. The van der Waals surface area contributed by atoms with E-state index >= 15 is 0 Å². The van der Waals surface area contributed by atoms with E-state index in [0.29, 0.717) is 19.7 Å². The Kier molecular flexibility index (Phi) is 7.96. The molecule has 7 heteroatoms. The molecular weight excluding hydrogens is 356 g/mol. The van der Waals surface area contributed by atoms with Gasteiger partial charge in [0.05, 0.1) is 19.2 Å². The first-order valence-electron chi connectivity index (χ1n) is 10.1. The van der Waals surface area contributed by atoms with Gasteiger partial charge in [0.25, 0.3) is 0 Å². The van der Waals surface area contributed by atoms with E-state index in [1.807, 2.05) is 52.0 Å². The van der Waals surface area contributed by atoms with Crippen molar-refractivity contribution in [1.29, 1.82) is 0 Å². The number of hydrogen-bond acceptors (Lipinski definition) is 4. The van der Waals surface area contributed by atoms with Gasteiger partial charge in [-0.3, -0.25) is 0 Å². The minimum atomic E-state index is -0.493. The number of nitrogens with zero attached hydrogens (tertiary/aromatic N) is 2. The number of aliphatic imine (C=N–C) groups is 1. The Morgan fingerprint density at radius 2 is 2.04 bits per heavy atom. The van der Waals surface area contributed by atoms with Crippen LogP contribution in [0.3, 0.4) is 0 Å². The van der Waals surface area contributed by atoms with Crippen LogP contribution >= 0.6 is 0 Å². The molecule has 156 valence electrons. The molecule has 28 heavy (non-hydrogen) atoms. The van der Waals surface area contributed by atoms with Crippen LogP contribution in [-0.2, 0) is 11.3 Å². The van der Waals surface area contributed by atoms with Crippen molar-refractivity contribution in [2.75, 3.05) is 26.2 Å². The van der Waals surface area contributed by atoms with Gasteiger partial charge in [-0.2, -0.15) is 0 Å². The smallest absolute Gasteiger partial charge is 0.407 e. The van der Waals surface area contributed by atoms with E-state index in [9.17, 15) is 4.79 Å². The zero-order chi connectivity index (χ0) is 20.6. The number of likely N-dealkylation sites (tertiary alicyclic amines) is 1. The molecule has 1 aromatic carbocycles. The molecule has 0 saturated carbocycles. The number of benzene rings is 1. The standard InChI is InChI=1S/C21H34N4O3/c1-6-22-19(23-14-16-10-8-9-11-18(16)27-7-2)25-13-12-17(15-25)24-20(26)28-21(3,4)5/h8-11,17H,6-7,12-15H2,1-5H3,(H,22,23)(H,24,26). The van der Waals surface area contributed by atoms with E-state index in [0.717, 1.165) is 36.8 Å². The molecule has 1 fully saturated rings. The number of para-hydroxylation sites is 1. The first-order valence-corrected chi connectivity index (χ1v) is 10.1. The minimum Gasteiger partial charge on any atom is -0.494 e. The monoisotopic (exact) mass is 390 g/mol. The molecule has 2 N–H and O–H groups in total. The molecule has 1 saturated heterocycles. The van der Waals surface area contributed by atoms with E-state index in [1.54, 1.807) is 0 Å². The van der Waals surface area contributed by atoms with Crippen molar-refractivity contribution in [2.45, 2.75) is 59.2 Å². The Balaban J connectivity index is 1.98. The molecule has 1 aromatic rings. The maximum absolute atomic E-state index is 12.0. The highest BCUT2D eigenvalue weighted by atomic mass is 16.6. The fourth-order valence-electron chi connectivity index (χ4n) is 3.06. The lowest BCUT2D eigenvalue weighted by Gasteiger charge is -2.23. The number of ether oxygens (including phenoxy) is 2. The van der Waals surface area contributed by atoms with Crippen LogP contribution in [0, 0.1) is 0 Å². The van der Waals surface area contributed by atoms with Crippen molar-refractivity contribution in [3.63, 3.8) is 0 Å². The van der Waals surface area contributed by atoms with Crippen molar-refractivity contribution < 1.29 is 14.3 Å². The number of amides is 1. The van der Waals surface area contributed by atoms with Crippen molar-refractivity contribution in [3.8, 4) is 5.75 Å². The van der Waals surface area contributed by atoms with Crippen LogP contribution in [0.1, 0.15) is 46.6 Å². The van der Waals surface area contributed by atoms with Gasteiger partial charge < -0.3 is 25.0 Å². The largest absolute Gasteiger partial charge is 0.494 e. The van der Waals surface area contributed by atoms with E-state index < -0.39 is 5.60 Å². The number of guanidine groups is 1. The second-order valence-electron chi connectivity index (χ2n) is 7.79. The third-order valence-electron chi connectivity index (χ3n) is 4.22. The lowest BCUT2D eigenvalue weighted by Crippen LogP contribution is -2.44. The van der Waals surface area contributed by atoms with Gasteiger partial charge in [0, 0.05) is 25.2 Å². The highest BCUT2D eigenvalue weighted by Crippen LogP contribution is 2.19. The molecule has 0 radical (unpaired) electrons. The lowest BCUT2D eigenvalue weighted by atomic mass is 10.2. The number of carbonyl (C=O) groups is 1. The van der Waals surface area contributed by atoms with Crippen molar-refractivity contribution in [1.82, 2.24) is 15.5 Å². The minimum absolute atomic E-state index is 0.0504. The molecule has 1 atom stereocenters. The van der Waals surface area contributed by atoms with Crippen LogP contribution in [0.4, 0.5) is 4.79 Å². The van der Waals surface area contributed by atoms with Crippen molar-refractivity contribution in [2.24, 2.45) is 4.99 Å². The summed E-state index contributed by atoms with van der Waals surface area (Å²) in [5.74, 6) is 1.72. The average Bonchev–Trinajstić information content (AvgIpc) is 3.06. The summed E-state index contributed by atoms with van der Waals surface area (Å²) in [6, 6.07) is 8.02. The molecule has 1 unspecified atom stereocenters. The van der Waals surface area contributed by atoms with Gasteiger partial charge in [0.1, 0.15) is 11.4 Å². The Morgan fingerprint density at radius 1 is 1.29 bits per heavy atom. The summed E-state index contributed by atoms with van der Waals surface area (Å²) in [6.45, 7) is 13.1. The van der Waals surface area contributed by atoms with Gasteiger partial charge in [-0.25, -0.2) is 9.79 Å². The predicted octanol–water partition coefficient (Wildman–Crippen LogP) is 3.15. The molecule has 0 bridgehead atoms. The quantitative estimate of drug-likeness (QED) is 0.576. The first kappa shape index (κ1) is 21.9. The second kappa shape index (κ2) is 10.2. The highest BCUT2D eigenvalue weighted by molar-refractivity contribution is 5.80. The van der Waals surface area contributed by atoms with Crippen LogP contribution in [0.2, 0.25) is 0 Å². The van der Waals surface area contributed by atoms with Crippen molar-refractivity contribution >= 4 is 12.1 Å². The number of rotatable bonds is 6. The third kappa shape index (κ3) is 6.94. The van der Waals surface area contributed by atoms with Crippen LogP contribution < -0.4 is 15.4 Å². The summed E-state index contributed by atoms with van der Waals surface area (Å²) < 4.78 is 11.0. The van der Waals surface area contributed by atoms with E-state index in [4.69, 9.17) is 14.5 Å². The van der Waals surface area contributed by atoms with Crippen molar-refractivity contribution in [3.05, 3.63) is 29.8 Å². The first-order chi connectivity index (χ1) is 13.3. The highest BCUT2D eigenvalue weighted by Gasteiger charge is 2.27. The van der Waals surface area contributed by atoms with E-state index in [1.165, 1.54) is 0 Å². The molecule has 0 spiro atoms. The number of hydrogen-bond donors (Lipinski definition) is 2. The summed E-state index contributed by atoms with van der Waals surface area (Å²) in [4.78, 5) is 19.0. The lowest BCUT2D eigenvalue weighted by molar-refractivity contribution is 0.0507. The molecule has 2 rings (SSSR count). The number of nitrogens with one attached hydrogen (secondary N) is 2. The fourth-order valence-corrected chi connectivity index (χ4v) is 3.06. The molecule has 1 amide bonds. The summed E-state index contributed by atoms with van der Waals surface area (Å²) in [5, 5.41) is 6.31. The summed E-state index contributed by atoms with van der Waals surface area (Å²) >= 11 is 0. The summed E-state index contributed by atoms with van der Waals surface area (Å²) in [6.07, 6.45) is 0.492. The van der Waals surface area contributed by atoms with E-state index in [2.05, 4.69) is 22.5 Å². The van der Waals surface area contributed by atoms with Crippen LogP contribution in [0.15, 0.2) is 29.3 Å². The Bertz CT molecular complexity index is 670. The Labute approximate surface area is 168 Å². The van der Waals surface area contributed by atoms with Gasteiger partial charge in [-0.15, -0.1) is 0 Å². The van der Waals surface area contributed by atoms with Gasteiger partial charge >= 0.3 is 6.09 Å². The van der Waals surface area contributed by atoms with Crippen LogP contribution in [0.25, 0.3) is 0 Å². The maximum Gasteiger partial charge on any atom is 0.407 e. The predicted molar refractivity (Wildman–Crippen MR) is 112 cm³/mol. The summed E-state index contributed by atoms with van der Waals surface area (Å²) in [5.41, 5.74) is 0.564. The van der Waals surface area contributed by atoms with Gasteiger partial charge in [0.15, 0.2) is 5.96 Å². The zero-order valence-corrected chi connectivity index (χ0v) is 17.7. The van der Waals surface area contributed by atoms with E-state index in [-0.39, 0.29) is 12.1 Å². The second-order valence-corrected chi connectivity index (χ2v) is 7.79. The molecule has 0 aliphatic carbocycles. The van der Waals surface area contributed by atoms with Gasteiger partial charge in [0.2, 0.25) is 0 Å². The van der Waals surface area contributed by atoms with Crippen LogP contribution in [0.5, 0.6) is 5.75 Å². The number of carbonyl (C=O) groups excluding carboxylic acids is 1. The molecular formula is C21H34N4O3. The molecule has 1 heterocycles. The van der Waals surface area contributed by atoms with Gasteiger partial charge in [-0.05, 0) is 47.1 Å². The molecule has 1 aliphatic rings. The normalized spacial score (nSPS) is 17.4. The summed E-state index contributed by atoms with van der Waals surface area (Å²) in [7, 11) is 0. The SMILES string of the molecule is CCNC(=NCc1ccccc1OCC)N1CCC(NC(=O)OC(C)(C)C)C1. The maximum atomic E-state index is 12.0. The molecule has 7 nitrogen and oxygen atoms in total. The Hall–Kier alpha value is -2.44. The third-order valence-corrected chi connectivity index (χ3v) is 4.22. The zero-order valence-electron chi connectivity index (χ0n) is 17.7. The van der Waals surface area contributed by atoms with Crippen LogP contribution in [-0.4, -0.2) is 54.8 Å².